The molecule has 122 valence electrons. The van der Waals surface area contributed by atoms with Crippen LogP contribution >= 0.6 is 0 Å². The van der Waals surface area contributed by atoms with Crippen molar-refractivity contribution >= 4 is 0 Å². The predicted octanol–water partition coefficient (Wildman–Crippen LogP) is 4.36. The highest BCUT2D eigenvalue weighted by Crippen LogP contribution is 2.21. The smallest absolute Gasteiger partial charge is 0.172 e. The topological polar surface area (TPSA) is 30.5 Å². The van der Waals surface area contributed by atoms with Crippen LogP contribution in [0.25, 0.3) is 0 Å². The van der Waals surface area contributed by atoms with E-state index in [4.69, 9.17) is 9.47 Å². The summed E-state index contributed by atoms with van der Waals surface area (Å²) in [4.78, 5) is 0. The van der Waals surface area contributed by atoms with Crippen molar-refractivity contribution in [3.05, 3.63) is 0 Å². The predicted molar refractivity (Wildman–Crippen MR) is 87.0 cm³/mol. The third-order valence-corrected chi connectivity index (χ3v) is 3.78. The molecule has 2 unspecified atom stereocenters. The summed E-state index contributed by atoms with van der Waals surface area (Å²) in [7, 11) is 0. The summed E-state index contributed by atoms with van der Waals surface area (Å²) in [6.45, 7) is 13.3. The van der Waals surface area contributed by atoms with Gasteiger partial charge < -0.3 is 14.8 Å². The zero-order chi connectivity index (χ0) is 15.2. The zero-order valence-electron chi connectivity index (χ0n) is 14.4. The van der Waals surface area contributed by atoms with Gasteiger partial charge in [0.15, 0.2) is 6.29 Å². The van der Waals surface area contributed by atoms with E-state index in [0.717, 1.165) is 25.3 Å². The SMILES string of the molecule is CCCCC(CC)CC(NCCC)C(OCC)OCC. The van der Waals surface area contributed by atoms with Gasteiger partial charge in [0, 0.05) is 13.2 Å². The van der Waals surface area contributed by atoms with Crippen LogP contribution in [0.3, 0.4) is 0 Å². The van der Waals surface area contributed by atoms with E-state index in [0.29, 0.717) is 19.3 Å². The molecule has 0 aliphatic rings. The second-order valence-corrected chi connectivity index (χ2v) is 5.49. The van der Waals surface area contributed by atoms with Gasteiger partial charge in [0.2, 0.25) is 0 Å². The van der Waals surface area contributed by atoms with Crippen molar-refractivity contribution in [2.24, 2.45) is 5.92 Å². The summed E-state index contributed by atoms with van der Waals surface area (Å²) in [6, 6.07) is 0.316. The van der Waals surface area contributed by atoms with Crippen LogP contribution in [0.5, 0.6) is 0 Å². The second kappa shape index (κ2) is 13.8. The normalized spacial score (nSPS) is 14.7. The fraction of sp³-hybridized carbons (Fsp3) is 1.00. The lowest BCUT2D eigenvalue weighted by atomic mass is 9.91. The van der Waals surface area contributed by atoms with E-state index in [1.165, 1.54) is 25.7 Å². The molecule has 1 N–H and O–H groups in total. The van der Waals surface area contributed by atoms with Crippen molar-refractivity contribution in [1.29, 1.82) is 0 Å². The summed E-state index contributed by atoms with van der Waals surface area (Å²) in [5, 5.41) is 3.63. The summed E-state index contributed by atoms with van der Waals surface area (Å²) in [5.74, 6) is 0.771. The lowest BCUT2D eigenvalue weighted by Gasteiger charge is -2.30. The fourth-order valence-corrected chi connectivity index (χ4v) is 2.57. The molecule has 0 saturated heterocycles. The molecule has 0 amide bonds. The van der Waals surface area contributed by atoms with Gasteiger partial charge in [-0.2, -0.15) is 0 Å². The second-order valence-electron chi connectivity index (χ2n) is 5.49. The number of hydrogen-bond donors (Lipinski definition) is 1. The first-order valence-electron chi connectivity index (χ1n) is 8.69. The van der Waals surface area contributed by atoms with Crippen LogP contribution in [0.15, 0.2) is 0 Å². The zero-order valence-corrected chi connectivity index (χ0v) is 14.4. The highest BCUT2D eigenvalue weighted by atomic mass is 16.7. The van der Waals surface area contributed by atoms with Crippen LogP contribution in [-0.2, 0) is 9.47 Å². The molecule has 0 aromatic carbocycles. The van der Waals surface area contributed by atoms with E-state index in [9.17, 15) is 0 Å². The molecule has 3 heteroatoms. The van der Waals surface area contributed by atoms with Crippen LogP contribution in [0.4, 0.5) is 0 Å². The molecule has 0 aliphatic heterocycles. The van der Waals surface area contributed by atoms with Crippen molar-refractivity contribution in [3.63, 3.8) is 0 Å². The Balaban J connectivity index is 4.54. The van der Waals surface area contributed by atoms with Crippen molar-refractivity contribution < 1.29 is 9.47 Å². The van der Waals surface area contributed by atoms with Gasteiger partial charge >= 0.3 is 0 Å². The van der Waals surface area contributed by atoms with Crippen LogP contribution in [0, 0.1) is 5.92 Å². The van der Waals surface area contributed by atoms with Gasteiger partial charge in [0.1, 0.15) is 0 Å². The van der Waals surface area contributed by atoms with Crippen LogP contribution in [0.1, 0.15) is 73.1 Å². The third-order valence-electron chi connectivity index (χ3n) is 3.78. The van der Waals surface area contributed by atoms with Crippen molar-refractivity contribution in [1.82, 2.24) is 5.32 Å². The molecule has 0 spiro atoms. The first-order chi connectivity index (χ1) is 9.73. The Labute approximate surface area is 126 Å². The summed E-state index contributed by atoms with van der Waals surface area (Å²) < 4.78 is 11.6. The third kappa shape index (κ3) is 8.93. The Hall–Kier alpha value is -0.120. The van der Waals surface area contributed by atoms with Crippen molar-refractivity contribution in [2.75, 3.05) is 19.8 Å². The lowest BCUT2D eigenvalue weighted by molar-refractivity contribution is -0.156. The van der Waals surface area contributed by atoms with Gasteiger partial charge in [-0.3, -0.25) is 0 Å². The lowest BCUT2D eigenvalue weighted by Crippen LogP contribution is -2.44. The highest BCUT2D eigenvalue weighted by molar-refractivity contribution is 4.75. The molecule has 0 aromatic rings. The Morgan fingerprint density at radius 1 is 0.900 bits per heavy atom. The molecular weight excluding hydrogens is 250 g/mol. The number of unbranched alkanes of at least 4 members (excludes halogenated alkanes) is 1. The molecule has 0 fully saturated rings. The van der Waals surface area contributed by atoms with Crippen molar-refractivity contribution in [3.8, 4) is 0 Å². The van der Waals surface area contributed by atoms with E-state index in [1.807, 2.05) is 13.8 Å². The van der Waals surface area contributed by atoms with E-state index in [-0.39, 0.29) is 6.29 Å². The van der Waals surface area contributed by atoms with Gasteiger partial charge in [0.05, 0.1) is 6.04 Å². The average molecular weight is 287 g/mol. The standard InChI is InChI=1S/C17H37NO2/c1-6-11-12-15(8-3)14-16(18-13-7-2)17(19-9-4)20-10-5/h15-18H,6-14H2,1-5H3. The molecule has 0 saturated carbocycles. The molecule has 0 bridgehead atoms. The van der Waals surface area contributed by atoms with Crippen LogP contribution in [-0.4, -0.2) is 32.1 Å². The maximum Gasteiger partial charge on any atom is 0.172 e. The van der Waals surface area contributed by atoms with Gasteiger partial charge in [-0.25, -0.2) is 0 Å². The summed E-state index contributed by atoms with van der Waals surface area (Å²) in [5.41, 5.74) is 0. The molecule has 0 rings (SSSR count). The minimum absolute atomic E-state index is 0.104. The first-order valence-corrected chi connectivity index (χ1v) is 8.69. The molecular formula is C17H37NO2. The summed E-state index contributed by atoms with van der Waals surface area (Å²) in [6.07, 6.45) is 7.37. The number of hydrogen-bond acceptors (Lipinski definition) is 3. The Kier molecular flexibility index (Phi) is 13.8. The van der Waals surface area contributed by atoms with E-state index in [2.05, 4.69) is 26.1 Å². The Bertz CT molecular complexity index is 193. The van der Waals surface area contributed by atoms with Gasteiger partial charge in [0.25, 0.3) is 0 Å². The number of rotatable bonds is 14. The molecule has 0 aliphatic carbocycles. The molecule has 3 nitrogen and oxygen atoms in total. The summed E-state index contributed by atoms with van der Waals surface area (Å²) >= 11 is 0. The maximum absolute atomic E-state index is 5.81. The molecule has 20 heavy (non-hydrogen) atoms. The molecule has 0 radical (unpaired) electrons. The minimum Gasteiger partial charge on any atom is -0.351 e. The minimum atomic E-state index is -0.104. The Morgan fingerprint density at radius 2 is 1.55 bits per heavy atom. The first kappa shape index (κ1) is 19.9. The number of ether oxygens (including phenoxy) is 2. The monoisotopic (exact) mass is 287 g/mol. The molecule has 2 atom stereocenters. The van der Waals surface area contributed by atoms with E-state index < -0.39 is 0 Å². The average Bonchev–Trinajstić information content (AvgIpc) is 2.46. The van der Waals surface area contributed by atoms with Crippen molar-refractivity contribution in [2.45, 2.75) is 85.5 Å². The Morgan fingerprint density at radius 3 is 2.00 bits per heavy atom. The largest absolute Gasteiger partial charge is 0.351 e. The quantitative estimate of drug-likeness (QED) is 0.481. The molecule has 0 heterocycles. The van der Waals surface area contributed by atoms with Gasteiger partial charge in [-0.05, 0) is 39.2 Å². The number of nitrogens with one attached hydrogen (secondary N) is 1. The van der Waals surface area contributed by atoms with Crippen LogP contribution in [0.2, 0.25) is 0 Å². The van der Waals surface area contributed by atoms with E-state index in [1.54, 1.807) is 0 Å². The van der Waals surface area contributed by atoms with E-state index >= 15 is 0 Å². The molecule has 0 aromatic heterocycles. The fourth-order valence-electron chi connectivity index (χ4n) is 2.57. The van der Waals surface area contributed by atoms with Crippen LogP contribution < -0.4 is 5.32 Å². The maximum atomic E-state index is 5.81. The van der Waals surface area contributed by atoms with Gasteiger partial charge in [-0.1, -0.05) is 46.5 Å². The highest BCUT2D eigenvalue weighted by Gasteiger charge is 2.24. The van der Waals surface area contributed by atoms with Gasteiger partial charge in [-0.15, -0.1) is 0 Å².